The lowest BCUT2D eigenvalue weighted by molar-refractivity contribution is 0.337. The fraction of sp³-hybridized carbons (Fsp3) is 0.381. The van der Waals surface area contributed by atoms with Gasteiger partial charge in [0.1, 0.15) is 5.82 Å². The van der Waals surface area contributed by atoms with Crippen molar-refractivity contribution in [2.24, 2.45) is 5.92 Å². The third-order valence-corrected chi connectivity index (χ3v) is 7.12. The Morgan fingerprint density at radius 2 is 1.62 bits per heavy atom. The Hall–Kier alpha value is -2.14. The number of imidazole rings is 1. The first-order valence-electron chi connectivity index (χ1n) is 9.43. The predicted molar refractivity (Wildman–Crippen MR) is 104 cm³/mol. The van der Waals surface area contributed by atoms with Gasteiger partial charge in [0.25, 0.3) is 10.0 Å². The molecule has 1 fully saturated rings. The van der Waals surface area contributed by atoms with Crippen molar-refractivity contribution in [3.05, 3.63) is 60.4 Å². The zero-order chi connectivity index (χ0) is 18.0. The molecule has 5 heteroatoms. The van der Waals surface area contributed by atoms with Crippen LogP contribution in [-0.4, -0.2) is 17.4 Å². The smallest absolute Gasteiger partial charge is 0.232 e. The van der Waals surface area contributed by atoms with Gasteiger partial charge in [-0.15, -0.1) is 0 Å². The highest BCUT2D eigenvalue weighted by Crippen LogP contribution is 2.29. The molecule has 136 valence electrons. The van der Waals surface area contributed by atoms with Crippen LogP contribution in [0.25, 0.3) is 11.0 Å². The summed E-state index contributed by atoms with van der Waals surface area (Å²) in [6, 6.07) is 16.1. The maximum Gasteiger partial charge on any atom is 0.269 e. The quantitative estimate of drug-likeness (QED) is 0.651. The number of benzene rings is 2. The summed E-state index contributed by atoms with van der Waals surface area (Å²) in [5, 5.41) is 0. The van der Waals surface area contributed by atoms with Gasteiger partial charge >= 0.3 is 0 Å². The molecule has 4 rings (SSSR count). The molecule has 0 atom stereocenters. The highest BCUT2D eigenvalue weighted by molar-refractivity contribution is 7.90. The van der Waals surface area contributed by atoms with Crippen LogP contribution in [0.15, 0.2) is 59.5 Å². The maximum absolute atomic E-state index is 13.3. The van der Waals surface area contributed by atoms with Gasteiger partial charge in [-0.2, -0.15) is 0 Å². The van der Waals surface area contributed by atoms with E-state index >= 15 is 0 Å². The largest absolute Gasteiger partial charge is 0.269 e. The van der Waals surface area contributed by atoms with E-state index in [9.17, 15) is 8.42 Å². The topological polar surface area (TPSA) is 52.0 Å². The number of aryl methyl sites for hydroxylation is 1. The molecule has 1 aliphatic carbocycles. The highest BCUT2D eigenvalue weighted by Gasteiger charge is 2.24. The SMILES string of the molecule is O=S(=O)(c1ccccc1)n1c(CCC2CCCCC2)nc2ccccc21. The van der Waals surface area contributed by atoms with Gasteiger partial charge in [0, 0.05) is 6.42 Å². The fourth-order valence-corrected chi connectivity index (χ4v) is 5.52. The lowest BCUT2D eigenvalue weighted by Gasteiger charge is -2.21. The van der Waals surface area contributed by atoms with Crippen LogP contribution in [0, 0.1) is 5.92 Å². The average molecular weight is 369 g/mol. The summed E-state index contributed by atoms with van der Waals surface area (Å²) < 4.78 is 28.1. The van der Waals surface area contributed by atoms with E-state index in [4.69, 9.17) is 0 Å². The molecule has 4 nitrogen and oxygen atoms in total. The van der Waals surface area contributed by atoms with Gasteiger partial charge in [-0.05, 0) is 36.6 Å². The molecule has 1 aliphatic rings. The molecule has 0 amide bonds. The second-order valence-electron chi connectivity index (χ2n) is 7.14. The second-order valence-corrected chi connectivity index (χ2v) is 8.93. The molecule has 0 N–H and O–H groups in total. The van der Waals surface area contributed by atoms with Crippen molar-refractivity contribution in [3.63, 3.8) is 0 Å². The zero-order valence-corrected chi connectivity index (χ0v) is 15.7. The lowest BCUT2D eigenvalue weighted by Crippen LogP contribution is -2.17. The van der Waals surface area contributed by atoms with E-state index in [0.717, 1.165) is 11.9 Å². The molecule has 0 saturated heterocycles. The van der Waals surface area contributed by atoms with Crippen molar-refractivity contribution in [2.45, 2.75) is 49.8 Å². The summed E-state index contributed by atoms with van der Waals surface area (Å²) in [6.07, 6.45) is 8.14. The summed E-state index contributed by atoms with van der Waals surface area (Å²) in [5.41, 5.74) is 1.40. The van der Waals surface area contributed by atoms with Crippen molar-refractivity contribution in [3.8, 4) is 0 Å². The molecule has 3 aromatic rings. The minimum absolute atomic E-state index is 0.307. The Kier molecular flexibility index (Phi) is 4.81. The Balaban J connectivity index is 1.74. The Morgan fingerprint density at radius 3 is 2.38 bits per heavy atom. The van der Waals surface area contributed by atoms with E-state index in [2.05, 4.69) is 4.98 Å². The minimum atomic E-state index is -3.65. The number of rotatable bonds is 5. The van der Waals surface area contributed by atoms with Crippen LogP contribution in [0.2, 0.25) is 0 Å². The number of hydrogen-bond acceptors (Lipinski definition) is 3. The third kappa shape index (κ3) is 3.28. The van der Waals surface area contributed by atoms with E-state index < -0.39 is 10.0 Å². The van der Waals surface area contributed by atoms with Crippen LogP contribution in [0.4, 0.5) is 0 Å². The number of hydrogen-bond donors (Lipinski definition) is 0. The molecule has 2 aromatic carbocycles. The lowest BCUT2D eigenvalue weighted by atomic mass is 9.86. The van der Waals surface area contributed by atoms with Gasteiger partial charge in [-0.3, -0.25) is 0 Å². The molecule has 0 unspecified atom stereocenters. The van der Waals surface area contributed by atoms with Gasteiger partial charge in [-0.25, -0.2) is 17.4 Å². The molecule has 0 spiro atoms. The Labute approximate surface area is 154 Å². The van der Waals surface area contributed by atoms with Crippen LogP contribution in [0.3, 0.4) is 0 Å². The summed E-state index contributed by atoms with van der Waals surface area (Å²) in [7, 11) is -3.65. The summed E-state index contributed by atoms with van der Waals surface area (Å²) in [6.45, 7) is 0. The summed E-state index contributed by atoms with van der Waals surface area (Å²) in [4.78, 5) is 4.98. The molecule has 26 heavy (non-hydrogen) atoms. The van der Waals surface area contributed by atoms with Gasteiger partial charge in [0.2, 0.25) is 0 Å². The van der Waals surface area contributed by atoms with Crippen molar-refractivity contribution in [1.29, 1.82) is 0 Å². The first-order chi connectivity index (χ1) is 12.7. The number of aromatic nitrogens is 2. The van der Waals surface area contributed by atoms with Crippen LogP contribution in [0.1, 0.15) is 44.3 Å². The Bertz CT molecular complexity index is 987. The third-order valence-electron chi connectivity index (χ3n) is 5.37. The van der Waals surface area contributed by atoms with Crippen LogP contribution >= 0.6 is 0 Å². The molecule has 1 aromatic heterocycles. The van der Waals surface area contributed by atoms with Crippen LogP contribution in [-0.2, 0) is 16.4 Å². The maximum atomic E-state index is 13.3. The molecule has 1 saturated carbocycles. The molecular formula is C21H24N2O2S. The van der Waals surface area contributed by atoms with Crippen LogP contribution in [0.5, 0.6) is 0 Å². The zero-order valence-electron chi connectivity index (χ0n) is 14.8. The first-order valence-corrected chi connectivity index (χ1v) is 10.9. The standard InChI is InChI=1S/C21H24N2O2S/c24-26(25,18-11-5-2-6-12-18)23-20-14-8-7-13-19(20)22-21(23)16-15-17-9-3-1-4-10-17/h2,5-8,11-14,17H,1,3-4,9-10,15-16H2. The van der Waals surface area contributed by atoms with Crippen molar-refractivity contribution in [2.75, 3.05) is 0 Å². The highest BCUT2D eigenvalue weighted by atomic mass is 32.2. The monoisotopic (exact) mass is 368 g/mol. The van der Waals surface area contributed by atoms with Crippen molar-refractivity contribution in [1.82, 2.24) is 8.96 Å². The van der Waals surface area contributed by atoms with E-state index in [0.29, 0.717) is 28.6 Å². The molecular weight excluding hydrogens is 344 g/mol. The first kappa shape index (κ1) is 17.3. The summed E-state index contributed by atoms with van der Waals surface area (Å²) in [5.74, 6) is 1.34. The number of fused-ring (bicyclic) bond motifs is 1. The molecule has 1 heterocycles. The number of nitrogens with zero attached hydrogens (tertiary/aromatic N) is 2. The molecule has 0 bridgehead atoms. The molecule has 0 aliphatic heterocycles. The van der Waals surface area contributed by atoms with Gasteiger partial charge in [0.05, 0.1) is 15.9 Å². The van der Waals surface area contributed by atoms with E-state index in [-0.39, 0.29) is 0 Å². The van der Waals surface area contributed by atoms with Crippen molar-refractivity contribution < 1.29 is 8.42 Å². The second kappa shape index (κ2) is 7.23. The normalized spacial score (nSPS) is 16.2. The fourth-order valence-electron chi connectivity index (χ4n) is 3.99. The number of para-hydroxylation sites is 2. The summed E-state index contributed by atoms with van der Waals surface area (Å²) >= 11 is 0. The predicted octanol–water partition coefficient (Wildman–Crippen LogP) is 4.79. The molecule has 0 radical (unpaired) electrons. The van der Waals surface area contributed by atoms with E-state index in [1.165, 1.54) is 36.1 Å². The van der Waals surface area contributed by atoms with Gasteiger partial charge < -0.3 is 0 Å². The average Bonchev–Trinajstić information content (AvgIpc) is 3.07. The van der Waals surface area contributed by atoms with Crippen molar-refractivity contribution >= 4 is 21.1 Å². The van der Waals surface area contributed by atoms with Gasteiger partial charge in [0.15, 0.2) is 0 Å². The van der Waals surface area contributed by atoms with E-state index in [1.807, 2.05) is 30.3 Å². The minimum Gasteiger partial charge on any atom is -0.232 e. The Morgan fingerprint density at radius 1 is 0.923 bits per heavy atom. The van der Waals surface area contributed by atoms with Crippen LogP contribution < -0.4 is 0 Å². The van der Waals surface area contributed by atoms with E-state index in [1.54, 1.807) is 24.3 Å². The van der Waals surface area contributed by atoms with Gasteiger partial charge in [-0.1, -0.05) is 62.4 Å².